The van der Waals surface area contributed by atoms with Crippen molar-refractivity contribution >= 4 is 27.3 Å². The first kappa shape index (κ1) is 29.7. The Bertz CT molecular complexity index is 1900. The molecule has 0 saturated carbocycles. The van der Waals surface area contributed by atoms with E-state index in [0.29, 0.717) is 22.6 Å². The van der Waals surface area contributed by atoms with Gasteiger partial charge in [-0.1, -0.05) is 18.7 Å². The Balaban J connectivity index is 1.61. The van der Waals surface area contributed by atoms with Crippen LogP contribution in [-0.2, 0) is 17.8 Å². The van der Waals surface area contributed by atoms with Gasteiger partial charge in [-0.3, -0.25) is 9.89 Å². The molecule has 10 heteroatoms. The number of rotatable bonds is 8. The van der Waals surface area contributed by atoms with Gasteiger partial charge in [0.25, 0.3) is 0 Å². The molecule has 44 heavy (non-hydrogen) atoms. The molecule has 0 fully saturated rings. The summed E-state index contributed by atoms with van der Waals surface area (Å²) < 4.78 is 37.2. The van der Waals surface area contributed by atoms with Crippen molar-refractivity contribution in [2.45, 2.75) is 45.9 Å². The average molecular weight is 614 g/mol. The predicted octanol–water partition coefficient (Wildman–Crippen LogP) is 7.44. The zero-order valence-electron chi connectivity index (χ0n) is 25.0. The van der Waals surface area contributed by atoms with Gasteiger partial charge in [-0.05, 0) is 75.0 Å². The Kier molecular flexibility index (Phi) is 8.04. The van der Waals surface area contributed by atoms with Crippen molar-refractivity contribution in [3.63, 3.8) is 0 Å². The first-order chi connectivity index (χ1) is 21.1. The Hall–Kier alpha value is -4.41. The minimum Gasteiger partial charge on any atom is -0.490 e. The molecule has 0 spiro atoms. The number of halogens is 2. The number of H-pyrrole nitrogens is 1. The van der Waals surface area contributed by atoms with Gasteiger partial charge >= 0.3 is 0 Å². The highest BCUT2D eigenvalue weighted by Crippen LogP contribution is 2.47. The van der Waals surface area contributed by atoms with E-state index in [1.165, 1.54) is 34.6 Å². The van der Waals surface area contributed by atoms with E-state index in [1.54, 1.807) is 6.07 Å². The number of carbonyl (C=O) groups excluding carboxylic acids is 1. The Labute approximate surface area is 258 Å². The molecular formula is C34H33F2N5O2S. The van der Waals surface area contributed by atoms with Crippen LogP contribution >= 0.6 is 11.3 Å². The molecule has 226 valence electrons. The SMILES string of the molecule is C=CC(=O)N[C@H](C)c1cc(-c2nc(-c3ccc4c(c3)CCN(C)C4)c3ccsc3c2-c2c(F)cc(F)cc2OC(C)C)n[nH]1. The number of fused-ring (bicyclic) bond motifs is 2. The molecule has 3 aromatic heterocycles. The molecule has 1 aliphatic heterocycles. The van der Waals surface area contributed by atoms with Crippen LogP contribution in [0.15, 0.2) is 60.5 Å². The van der Waals surface area contributed by atoms with E-state index in [1.807, 2.05) is 32.2 Å². The third kappa shape index (κ3) is 5.62. The minimum absolute atomic E-state index is 0.0864. The number of aromatic nitrogens is 3. The molecule has 0 aliphatic carbocycles. The molecule has 5 aromatic rings. The molecule has 7 nitrogen and oxygen atoms in total. The third-order valence-electron chi connectivity index (χ3n) is 7.77. The lowest BCUT2D eigenvalue weighted by atomic mass is 9.93. The summed E-state index contributed by atoms with van der Waals surface area (Å²) in [5, 5.41) is 13.2. The number of pyridine rings is 1. The zero-order valence-corrected chi connectivity index (χ0v) is 25.8. The highest BCUT2D eigenvalue weighted by atomic mass is 32.1. The second kappa shape index (κ2) is 11.9. The molecule has 2 N–H and O–H groups in total. The first-order valence-corrected chi connectivity index (χ1v) is 15.4. The van der Waals surface area contributed by atoms with Crippen LogP contribution in [0.2, 0.25) is 0 Å². The fourth-order valence-corrected chi connectivity index (χ4v) is 6.62. The molecule has 4 heterocycles. The topological polar surface area (TPSA) is 83.1 Å². The second-order valence-electron chi connectivity index (χ2n) is 11.4. The van der Waals surface area contributed by atoms with E-state index in [0.717, 1.165) is 46.9 Å². The van der Waals surface area contributed by atoms with Gasteiger partial charge in [0.15, 0.2) is 0 Å². The molecule has 0 unspecified atom stereocenters. The summed E-state index contributed by atoms with van der Waals surface area (Å²) in [6.45, 7) is 10.8. The predicted molar refractivity (Wildman–Crippen MR) is 171 cm³/mol. The van der Waals surface area contributed by atoms with Crippen molar-refractivity contribution in [2.75, 3.05) is 13.6 Å². The zero-order chi connectivity index (χ0) is 31.1. The van der Waals surface area contributed by atoms with Gasteiger partial charge in [0.05, 0.1) is 29.1 Å². The highest BCUT2D eigenvalue weighted by Gasteiger charge is 2.27. The summed E-state index contributed by atoms with van der Waals surface area (Å²) >= 11 is 1.45. The lowest BCUT2D eigenvalue weighted by Crippen LogP contribution is -2.26. The molecule has 1 atom stereocenters. The minimum atomic E-state index is -0.758. The van der Waals surface area contributed by atoms with E-state index in [9.17, 15) is 9.18 Å². The summed E-state index contributed by atoms with van der Waals surface area (Å²) in [5.74, 6) is -1.73. The smallest absolute Gasteiger partial charge is 0.243 e. The van der Waals surface area contributed by atoms with Crippen LogP contribution < -0.4 is 10.1 Å². The number of ether oxygens (including phenoxy) is 1. The van der Waals surface area contributed by atoms with Crippen LogP contribution in [0, 0.1) is 11.6 Å². The number of aromatic amines is 1. The first-order valence-electron chi connectivity index (χ1n) is 14.5. The molecule has 2 aromatic carbocycles. The van der Waals surface area contributed by atoms with Crippen LogP contribution in [0.1, 0.15) is 43.6 Å². The molecule has 0 bridgehead atoms. The number of carbonyl (C=O) groups is 1. The van der Waals surface area contributed by atoms with E-state index in [-0.39, 0.29) is 23.3 Å². The van der Waals surface area contributed by atoms with Gasteiger partial charge < -0.3 is 15.0 Å². The number of hydrogen-bond donors (Lipinski definition) is 2. The molecule has 0 radical (unpaired) electrons. The fourth-order valence-electron chi connectivity index (χ4n) is 5.67. The largest absolute Gasteiger partial charge is 0.490 e. The molecule has 1 amide bonds. The van der Waals surface area contributed by atoms with Crippen LogP contribution in [0.25, 0.3) is 43.9 Å². The number of nitrogens with zero attached hydrogens (tertiary/aromatic N) is 3. The lowest BCUT2D eigenvalue weighted by molar-refractivity contribution is -0.117. The van der Waals surface area contributed by atoms with Crippen molar-refractivity contribution in [3.8, 4) is 39.5 Å². The van der Waals surface area contributed by atoms with Crippen molar-refractivity contribution in [2.24, 2.45) is 0 Å². The Morgan fingerprint density at radius 2 is 1.93 bits per heavy atom. The molecule has 0 saturated heterocycles. The van der Waals surface area contributed by atoms with Crippen molar-refractivity contribution in [1.29, 1.82) is 0 Å². The number of amides is 1. The van der Waals surface area contributed by atoms with E-state index in [2.05, 4.69) is 52.2 Å². The van der Waals surface area contributed by atoms with E-state index in [4.69, 9.17) is 9.72 Å². The summed E-state index contributed by atoms with van der Waals surface area (Å²) in [6.07, 6.45) is 1.81. The van der Waals surface area contributed by atoms with Gasteiger partial charge in [0, 0.05) is 46.4 Å². The number of hydrogen-bond acceptors (Lipinski definition) is 6. The summed E-state index contributed by atoms with van der Waals surface area (Å²) in [7, 11) is 2.12. The van der Waals surface area contributed by atoms with Gasteiger partial charge in [0.2, 0.25) is 5.91 Å². The number of thiophene rings is 1. The van der Waals surface area contributed by atoms with Crippen molar-refractivity contribution in [3.05, 3.63) is 89.0 Å². The van der Waals surface area contributed by atoms with Crippen molar-refractivity contribution < 1.29 is 18.3 Å². The monoisotopic (exact) mass is 613 g/mol. The summed E-state index contributed by atoms with van der Waals surface area (Å²) in [5.41, 5.74) is 6.34. The maximum Gasteiger partial charge on any atom is 0.243 e. The Morgan fingerprint density at radius 3 is 2.70 bits per heavy atom. The third-order valence-corrected chi connectivity index (χ3v) is 8.71. The number of benzene rings is 2. The highest BCUT2D eigenvalue weighted by molar-refractivity contribution is 7.18. The number of likely N-dealkylation sites (N-methyl/N-ethyl adjacent to an activating group) is 1. The standard InChI is InChI=1S/C34H33F2N5O2S/c1-6-29(42)37-19(4)26-16-27(40-39-26)33-31(30-25(36)14-23(35)15-28(30)43-18(2)3)34-24(10-12-44-34)32(38-33)21-7-8-22-17-41(5)11-9-20(22)13-21/h6-8,10,12-16,18-19H,1,9,11,17H2,2-5H3,(H,37,42)(H,39,40)/t19-/m1/s1. The fraction of sp³-hybridized carbons (Fsp3) is 0.265. The molecule has 6 rings (SSSR count). The van der Waals surface area contributed by atoms with Crippen molar-refractivity contribution in [1.82, 2.24) is 25.4 Å². The summed E-state index contributed by atoms with van der Waals surface area (Å²) in [6, 6.07) is 11.9. The summed E-state index contributed by atoms with van der Waals surface area (Å²) in [4.78, 5) is 19.5. The quantitative estimate of drug-likeness (QED) is 0.178. The van der Waals surface area contributed by atoms with Gasteiger partial charge in [-0.25, -0.2) is 13.8 Å². The van der Waals surface area contributed by atoms with Crippen LogP contribution in [0.5, 0.6) is 5.75 Å². The molecular weight excluding hydrogens is 580 g/mol. The van der Waals surface area contributed by atoms with Crippen LogP contribution in [0.4, 0.5) is 8.78 Å². The van der Waals surface area contributed by atoms with Crippen LogP contribution in [0.3, 0.4) is 0 Å². The Morgan fingerprint density at radius 1 is 1.11 bits per heavy atom. The normalized spacial score (nSPS) is 14.1. The average Bonchev–Trinajstić information content (AvgIpc) is 3.67. The second-order valence-corrected chi connectivity index (χ2v) is 12.3. The number of nitrogens with one attached hydrogen (secondary N) is 2. The van der Waals surface area contributed by atoms with E-state index >= 15 is 4.39 Å². The van der Waals surface area contributed by atoms with Gasteiger partial charge in [0.1, 0.15) is 28.8 Å². The maximum absolute atomic E-state index is 15.9. The lowest BCUT2D eigenvalue weighted by Gasteiger charge is -2.25. The maximum atomic E-state index is 15.9. The van der Waals surface area contributed by atoms with E-state index < -0.39 is 17.7 Å². The van der Waals surface area contributed by atoms with Crippen LogP contribution in [-0.4, -0.2) is 45.7 Å². The van der Waals surface area contributed by atoms with Gasteiger partial charge in [-0.2, -0.15) is 5.10 Å². The van der Waals surface area contributed by atoms with Gasteiger partial charge in [-0.15, -0.1) is 11.3 Å². The molecule has 1 aliphatic rings.